The standard InChI is InChI=1S/C17H23N3S/c1-2-6-14(7-3-1)21-17-15(12-18-13-9-10-13)20-11-5-4-8-16(20)19-17/h4-5,8,11,13-14,18H,1-3,6-7,9-10,12H2. The zero-order chi connectivity index (χ0) is 14.1. The van der Waals surface area contributed by atoms with Gasteiger partial charge < -0.3 is 9.72 Å². The Labute approximate surface area is 130 Å². The minimum absolute atomic E-state index is 0.742. The van der Waals surface area contributed by atoms with Gasteiger partial charge in [0.15, 0.2) is 0 Å². The van der Waals surface area contributed by atoms with E-state index in [1.54, 1.807) is 0 Å². The summed E-state index contributed by atoms with van der Waals surface area (Å²) in [6.45, 7) is 0.949. The van der Waals surface area contributed by atoms with Crippen LogP contribution in [0.1, 0.15) is 50.6 Å². The van der Waals surface area contributed by atoms with Crippen molar-refractivity contribution >= 4 is 17.4 Å². The van der Waals surface area contributed by atoms with Crippen LogP contribution < -0.4 is 5.32 Å². The largest absolute Gasteiger partial charge is 0.308 e. The van der Waals surface area contributed by atoms with Gasteiger partial charge in [-0.05, 0) is 37.8 Å². The summed E-state index contributed by atoms with van der Waals surface area (Å²) < 4.78 is 2.26. The van der Waals surface area contributed by atoms with Crippen molar-refractivity contribution in [1.82, 2.24) is 14.7 Å². The predicted molar refractivity (Wildman–Crippen MR) is 87.8 cm³/mol. The van der Waals surface area contributed by atoms with E-state index in [0.717, 1.165) is 23.5 Å². The molecule has 0 aliphatic heterocycles. The molecule has 2 aliphatic carbocycles. The monoisotopic (exact) mass is 301 g/mol. The Morgan fingerprint density at radius 3 is 2.81 bits per heavy atom. The van der Waals surface area contributed by atoms with Crippen LogP contribution in [0.15, 0.2) is 29.4 Å². The van der Waals surface area contributed by atoms with Crippen LogP contribution in [0.3, 0.4) is 0 Å². The van der Waals surface area contributed by atoms with Crippen molar-refractivity contribution in [3.8, 4) is 0 Å². The van der Waals surface area contributed by atoms with Crippen molar-refractivity contribution in [2.45, 2.75) is 67.8 Å². The molecule has 1 N–H and O–H groups in total. The van der Waals surface area contributed by atoms with Crippen LogP contribution in [0, 0.1) is 0 Å². The first kappa shape index (κ1) is 13.6. The van der Waals surface area contributed by atoms with Crippen LogP contribution in [-0.2, 0) is 6.54 Å². The van der Waals surface area contributed by atoms with E-state index in [2.05, 4.69) is 34.1 Å². The molecule has 2 saturated carbocycles. The molecule has 3 nitrogen and oxygen atoms in total. The number of aromatic nitrogens is 2. The third-order valence-electron chi connectivity index (χ3n) is 4.56. The number of rotatable bonds is 5. The summed E-state index contributed by atoms with van der Waals surface area (Å²) in [6.07, 6.45) is 11.7. The molecule has 0 radical (unpaired) electrons. The first-order valence-electron chi connectivity index (χ1n) is 8.26. The van der Waals surface area contributed by atoms with Crippen LogP contribution in [0.25, 0.3) is 5.65 Å². The van der Waals surface area contributed by atoms with Crippen LogP contribution in [0.5, 0.6) is 0 Å². The van der Waals surface area contributed by atoms with E-state index in [1.165, 1.54) is 55.7 Å². The van der Waals surface area contributed by atoms with E-state index in [1.807, 2.05) is 11.8 Å². The highest BCUT2D eigenvalue weighted by Crippen LogP contribution is 2.35. The average Bonchev–Trinajstić information content (AvgIpc) is 3.28. The number of hydrogen-bond acceptors (Lipinski definition) is 3. The van der Waals surface area contributed by atoms with E-state index >= 15 is 0 Å². The van der Waals surface area contributed by atoms with Gasteiger partial charge in [0.1, 0.15) is 10.7 Å². The van der Waals surface area contributed by atoms with E-state index in [-0.39, 0.29) is 0 Å². The molecule has 2 heterocycles. The Morgan fingerprint density at radius 2 is 2.00 bits per heavy atom. The third kappa shape index (κ3) is 3.11. The first-order chi connectivity index (χ1) is 10.4. The molecule has 2 aromatic rings. The Morgan fingerprint density at radius 1 is 1.14 bits per heavy atom. The molecule has 0 bridgehead atoms. The van der Waals surface area contributed by atoms with Crippen LogP contribution in [0.2, 0.25) is 0 Å². The predicted octanol–water partition coefficient (Wildman–Crippen LogP) is 4.01. The SMILES string of the molecule is c1ccn2c(CNC3CC3)c(SC3CCCCC3)nc2c1. The normalized spacial score (nSPS) is 20.2. The first-order valence-corrected chi connectivity index (χ1v) is 9.14. The molecule has 2 fully saturated rings. The maximum atomic E-state index is 4.89. The Hall–Kier alpha value is -1.00. The van der Waals surface area contributed by atoms with E-state index < -0.39 is 0 Å². The Bertz CT molecular complexity index is 612. The van der Waals surface area contributed by atoms with E-state index in [4.69, 9.17) is 4.98 Å². The summed E-state index contributed by atoms with van der Waals surface area (Å²) in [5, 5.41) is 5.67. The smallest absolute Gasteiger partial charge is 0.138 e. The fourth-order valence-electron chi connectivity index (χ4n) is 3.15. The Balaban J connectivity index is 1.59. The lowest BCUT2D eigenvalue weighted by molar-refractivity contribution is 0.515. The number of imidazole rings is 1. The van der Waals surface area contributed by atoms with Gasteiger partial charge in [-0.15, -0.1) is 11.8 Å². The summed E-state index contributed by atoms with van der Waals surface area (Å²) in [5.41, 5.74) is 2.44. The molecule has 2 aromatic heterocycles. The van der Waals surface area contributed by atoms with Gasteiger partial charge in [0.25, 0.3) is 0 Å². The van der Waals surface area contributed by atoms with Gasteiger partial charge in [-0.25, -0.2) is 4.98 Å². The van der Waals surface area contributed by atoms with Gasteiger partial charge in [0.2, 0.25) is 0 Å². The maximum Gasteiger partial charge on any atom is 0.138 e. The molecule has 21 heavy (non-hydrogen) atoms. The Kier molecular flexibility index (Phi) is 3.91. The molecule has 4 rings (SSSR count). The van der Waals surface area contributed by atoms with Crippen LogP contribution in [0.4, 0.5) is 0 Å². The lowest BCUT2D eigenvalue weighted by Crippen LogP contribution is -2.17. The second-order valence-corrected chi connectivity index (χ2v) is 7.61. The fraction of sp³-hybridized carbons (Fsp3) is 0.588. The second-order valence-electron chi connectivity index (χ2n) is 6.33. The molecule has 0 spiro atoms. The number of hydrogen-bond donors (Lipinski definition) is 1. The van der Waals surface area contributed by atoms with Crippen molar-refractivity contribution < 1.29 is 0 Å². The lowest BCUT2D eigenvalue weighted by atomic mass is 10.0. The van der Waals surface area contributed by atoms with Gasteiger partial charge in [-0.2, -0.15) is 0 Å². The number of pyridine rings is 1. The van der Waals surface area contributed by atoms with Gasteiger partial charge in [-0.1, -0.05) is 25.3 Å². The molecule has 4 heteroatoms. The van der Waals surface area contributed by atoms with Gasteiger partial charge in [0, 0.05) is 24.0 Å². The molecule has 2 aliphatic rings. The van der Waals surface area contributed by atoms with Crippen molar-refractivity contribution in [3.63, 3.8) is 0 Å². The molecule has 0 atom stereocenters. The zero-order valence-electron chi connectivity index (χ0n) is 12.4. The fourth-order valence-corrected chi connectivity index (χ4v) is 4.49. The summed E-state index contributed by atoms with van der Waals surface area (Å²) in [5.74, 6) is 0. The minimum atomic E-state index is 0.742. The highest BCUT2D eigenvalue weighted by atomic mass is 32.2. The quantitative estimate of drug-likeness (QED) is 0.904. The maximum absolute atomic E-state index is 4.89. The van der Waals surface area contributed by atoms with Gasteiger partial charge in [0.05, 0.1) is 5.69 Å². The summed E-state index contributed by atoms with van der Waals surface area (Å²) in [4.78, 5) is 4.89. The number of nitrogens with one attached hydrogen (secondary N) is 1. The summed E-state index contributed by atoms with van der Waals surface area (Å²) >= 11 is 2.02. The highest BCUT2D eigenvalue weighted by Gasteiger charge is 2.23. The number of thioether (sulfide) groups is 1. The van der Waals surface area contributed by atoms with Crippen molar-refractivity contribution in [3.05, 3.63) is 30.1 Å². The molecule has 0 aromatic carbocycles. The summed E-state index contributed by atoms with van der Waals surface area (Å²) in [7, 11) is 0. The average molecular weight is 301 g/mol. The summed E-state index contributed by atoms with van der Waals surface area (Å²) in [6, 6.07) is 7.04. The molecule has 0 saturated heterocycles. The van der Waals surface area contributed by atoms with Gasteiger partial charge in [-0.3, -0.25) is 0 Å². The van der Waals surface area contributed by atoms with Crippen LogP contribution in [-0.4, -0.2) is 20.7 Å². The van der Waals surface area contributed by atoms with Gasteiger partial charge >= 0.3 is 0 Å². The third-order valence-corrected chi connectivity index (χ3v) is 5.91. The van der Waals surface area contributed by atoms with E-state index in [9.17, 15) is 0 Å². The molecular formula is C17H23N3S. The minimum Gasteiger partial charge on any atom is -0.308 e. The lowest BCUT2D eigenvalue weighted by Gasteiger charge is -2.20. The highest BCUT2D eigenvalue weighted by molar-refractivity contribution is 7.99. The number of nitrogens with zero attached hydrogens (tertiary/aromatic N) is 2. The molecular weight excluding hydrogens is 278 g/mol. The zero-order valence-corrected chi connectivity index (χ0v) is 13.2. The second kappa shape index (κ2) is 6.01. The van der Waals surface area contributed by atoms with Crippen LogP contribution >= 0.6 is 11.8 Å². The topological polar surface area (TPSA) is 29.3 Å². The van der Waals surface area contributed by atoms with Crippen molar-refractivity contribution in [2.24, 2.45) is 0 Å². The van der Waals surface area contributed by atoms with Crippen molar-refractivity contribution in [2.75, 3.05) is 0 Å². The number of fused-ring (bicyclic) bond motifs is 1. The van der Waals surface area contributed by atoms with Crippen molar-refractivity contribution in [1.29, 1.82) is 0 Å². The molecule has 0 unspecified atom stereocenters. The molecule has 112 valence electrons. The molecule has 0 amide bonds. The van der Waals surface area contributed by atoms with E-state index in [0.29, 0.717) is 0 Å².